The molecule has 1 unspecified atom stereocenters. The van der Waals surface area contributed by atoms with Gasteiger partial charge in [0.25, 0.3) is 0 Å². The zero-order valence-electron chi connectivity index (χ0n) is 15.3. The van der Waals surface area contributed by atoms with Crippen LogP contribution in [0, 0.1) is 5.41 Å². The third kappa shape index (κ3) is 2.91. The number of benzene rings is 1. The monoisotopic (exact) mass is 388 g/mol. The van der Waals surface area contributed by atoms with Gasteiger partial charge in [-0.1, -0.05) is 35.5 Å². The Morgan fingerprint density at radius 3 is 2.41 bits per heavy atom. The van der Waals surface area contributed by atoms with E-state index in [1.807, 2.05) is 18.2 Å². The molecular weight excluding hydrogens is 364 g/mol. The summed E-state index contributed by atoms with van der Waals surface area (Å²) in [4.78, 5) is 4.85. The maximum atomic E-state index is 11.8. The van der Waals surface area contributed by atoms with Crippen LogP contribution < -0.4 is 0 Å². The Morgan fingerprint density at radius 1 is 1.00 bits per heavy atom. The average molecular weight is 388 g/mol. The van der Waals surface area contributed by atoms with Crippen LogP contribution in [0.1, 0.15) is 55.3 Å². The third-order valence-electron chi connectivity index (χ3n) is 6.85. The maximum Gasteiger partial charge on any atom is 0.230 e. The molecule has 27 heavy (non-hydrogen) atoms. The molecule has 3 heterocycles. The Hall–Kier alpha value is -1.73. The van der Waals surface area contributed by atoms with E-state index in [2.05, 4.69) is 17.3 Å². The van der Waals surface area contributed by atoms with Gasteiger partial charge in [0.15, 0.2) is 5.82 Å². The van der Waals surface area contributed by atoms with Gasteiger partial charge in [-0.25, -0.2) is 8.42 Å². The lowest BCUT2D eigenvalue weighted by atomic mass is 9.73. The highest BCUT2D eigenvalue weighted by Gasteiger charge is 2.59. The molecule has 1 aliphatic carbocycles. The first-order valence-electron chi connectivity index (χ1n) is 9.71. The predicted molar refractivity (Wildman–Crippen MR) is 99.3 cm³/mol. The van der Waals surface area contributed by atoms with E-state index in [0.29, 0.717) is 19.1 Å². The molecule has 1 aromatic carbocycles. The van der Waals surface area contributed by atoms with Crippen molar-refractivity contribution in [3.05, 3.63) is 47.6 Å². The standard InChI is InChI=1S/C20H24N2O4S/c23-27(24)12-8-19(9-13-27)14-16(19)17-21-18(22-26-17)20(6-10-25-11-7-20)15-4-2-1-3-5-15/h1-5,16H,6-14H2. The normalized spacial score (nSPS) is 28.1. The lowest BCUT2D eigenvalue weighted by Crippen LogP contribution is -2.36. The largest absolute Gasteiger partial charge is 0.381 e. The van der Waals surface area contributed by atoms with Crippen molar-refractivity contribution < 1.29 is 17.7 Å². The Balaban J connectivity index is 1.43. The fourth-order valence-corrected chi connectivity index (χ4v) is 6.52. The van der Waals surface area contributed by atoms with Gasteiger partial charge in [-0.3, -0.25) is 0 Å². The van der Waals surface area contributed by atoms with E-state index in [9.17, 15) is 8.42 Å². The zero-order chi connectivity index (χ0) is 18.5. The summed E-state index contributed by atoms with van der Waals surface area (Å²) in [6, 6.07) is 10.4. The molecule has 144 valence electrons. The lowest BCUT2D eigenvalue weighted by molar-refractivity contribution is 0.0597. The van der Waals surface area contributed by atoms with Gasteiger partial charge in [-0.15, -0.1) is 0 Å². The molecule has 6 nitrogen and oxygen atoms in total. The van der Waals surface area contributed by atoms with Gasteiger partial charge in [0, 0.05) is 19.1 Å². The highest BCUT2D eigenvalue weighted by molar-refractivity contribution is 7.91. The smallest absolute Gasteiger partial charge is 0.230 e. The highest BCUT2D eigenvalue weighted by Crippen LogP contribution is 2.65. The molecule has 0 bridgehead atoms. The summed E-state index contributed by atoms with van der Waals surface area (Å²) in [5, 5.41) is 4.40. The zero-order valence-corrected chi connectivity index (χ0v) is 16.1. The maximum absolute atomic E-state index is 11.8. The fraction of sp³-hybridized carbons (Fsp3) is 0.600. The Morgan fingerprint density at radius 2 is 1.70 bits per heavy atom. The fourth-order valence-electron chi connectivity index (χ4n) is 4.88. The molecule has 2 aliphatic heterocycles. The van der Waals surface area contributed by atoms with Crippen molar-refractivity contribution in [2.24, 2.45) is 5.41 Å². The van der Waals surface area contributed by atoms with E-state index in [-0.39, 0.29) is 28.3 Å². The second kappa shape index (κ2) is 6.14. The van der Waals surface area contributed by atoms with Crippen LogP contribution in [0.15, 0.2) is 34.9 Å². The van der Waals surface area contributed by atoms with Gasteiger partial charge in [0.1, 0.15) is 9.84 Å². The minimum Gasteiger partial charge on any atom is -0.381 e. The van der Waals surface area contributed by atoms with Crippen molar-refractivity contribution in [3.63, 3.8) is 0 Å². The second-order valence-corrected chi connectivity index (χ2v) is 10.6. The van der Waals surface area contributed by atoms with Gasteiger partial charge >= 0.3 is 0 Å². The minimum atomic E-state index is -2.86. The van der Waals surface area contributed by atoms with Crippen molar-refractivity contribution in [1.29, 1.82) is 0 Å². The summed E-state index contributed by atoms with van der Waals surface area (Å²) in [7, 11) is -2.86. The summed E-state index contributed by atoms with van der Waals surface area (Å²) in [5.74, 6) is 2.22. The van der Waals surface area contributed by atoms with E-state index >= 15 is 0 Å². The SMILES string of the molecule is O=S1(=O)CCC2(CC1)CC2c1nc(C2(c3ccccc3)CCOCC2)no1. The highest BCUT2D eigenvalue weighted by atomic mass is 32.2. The molecule has 2 saturated heterocycles. The number of rotatable bonds is 3. The molecule has 0 radical (unpaired) electrons. The van der Waals surface area contributed by atoms with Crippen LogP contribution in [0.2, 0.25) is 0 Å². The quantitative estimate of drug-likeness (QED) is 0.804. The Kier molecular flexibility index (Phi) is 3.95. The van der Waals surface area contributed by atoms with E-state index in [1.54, 1.807) is 0 Å². The Bertz CT molecular complexity index is 918. The molecule has 0 N–H and O–H groups in total. The molecule has 2 aromatic rings. The Labute approximate surface area is 159 Å². The van der Waals surface area contributed by atoms with Crippen LogP contribution in [0.3, 0.4) is 0 Å². The van der Waals surface area contributed by atoms with E-state index in [4.69, 9.17) is 14.2 Å². The summed E-state index contributed by atoms with van der Waals surface area (Å²) >= 11 is 0. The first-order valence-corrected chi connectivity index (χ1v) is 11.5. The van der Waals surface area contributed by atoms with Gasteiger partial charge in [-0.05, 0) is 43.1 Å². The van der Waals surface area contributed by atoms with Crippen molar-refractivity contribution in [1.82, 2.24) is 10.1 Å². The number of aromatic nitrogens is 2. The summed E-state index contributed by atoms with van der Waals surface area (Å²) in [5.41, 5.74) is 0.999. The molecule has 1 spiro atoms. The molecule has 5 rings (SSSR count). The minimum absolute atomic E-state index is 0.0602. The van der Waals surface area contributed by atoms with Crippen molar-refractivity contribution in [2.75, 3.05) is 24.7 Å². The summed E-state index contributed by atoms with van der Waals surface area (Å²) in [6.07, 6.45) is 4.07. The van der Waals surface area contributed by atoms with Crippen molar-refractivity contribution >= 4 is 9.84 Å². The van der Waals surface area contributed by atoms with Gasteiger partial charge in [-0.2, -0.15) is 4.98 Å². The molecule has 1 aromatic heterocycles. The number of sulfone groups is 1. The van der Waals surface area contributed by atoms with Crippen LogP contribution in [-0.2, 0) is 20.0 Å². The molecule has 3 aliphatic rings. The molecule has 0 amide bonds. The molecular formula is C20H24N2O4S. The summed E-state index contributed by atoms with van der Waals surface area (Å²) in [6.45, 7) is 1.37. The number of nitrogens with zero attached hydrogens (tertiary/aromatic N) is 2. The molecule has 1 saturated carbocycles. The van der Waals surface area contributed by atoms with Crippen molar-refractivity contribution in [2.45, 2.75) is 43.4 Å². The topological polar surface area (TPSA) is 82.3 Å². The van der Waals surface area contributed by atoms with E-state index in [0.717, 1.165) is 37.9 Å². The molecule has 7 heteroatoms. The van der Waals surface area contributed by atoms with Gasteiger partial charge in [0.2, 0.25) is 5.89 Å². The summed E-state index contributed by atoms with van der Waals surface area (Å²) < 4.78 is 34.8. The first kappa shape index (κ1) is 17.4. The first-order chi connectivity index (χ1) is 13.0. The number of ether oxygens (including phenoxy) is 1. The van der Waals surface area contributed by atoms with Gasteiger partial charge < -0.3 is 9.26 Å². The van der Waals surface area contributed by atoms with Crippen LogP contribution in [0.5, 0.6) is 0 Å². The van der Waals surface area contributed by atoms with Crippen molar-refractivity contribution in [3.8, 4) is 0 Å². The van der Waals surface area contributed by atoms with Crippen LogP contribution in [0.25, 0.3) is 0 Å². The van der Waals surface area contributed by atoms with Gasteiger partial charge in [0.05, 0.1) is 16.9 Å². The van der Waals surface area contributed by atoms with E-state index in [1.165, 1.54) is 5.56 Å². The molecule has 3 fully saturated rings. The lowest BCUT2D eigenvalue weighted by Gasteiger charge is -2.34. The third-order valence-corrected chi connectivity index (χ3v) is 8.50. The molecule has 1 atom stereocenters. The van der Waals surface area contributed by atoms with Crippen LogP contribution in [0.4, 0.5) is 0 Å². The van der Waals surface area contributed by atoms with E-state index < -0.39 is 9.84 Å². The number of hydrogen-bond donors (Lipinski definition) is 0. The average Bonchev–Trinajstić information content (AvgIpc) is 3.18. The van der Waals surface area contributed by atoms with Crippen LogP contribution >= 0.6 is 0 Å². The second-order valence-electron chi connectivity index (χ2n) is 8.29. The van der Waals surface area contributed by atoms with Crippen LogP contribution in [-0.4, -0.2) is 43.3 Å². The number of hydrogen-bond acceptors (Lipinski definition) is 6. The predicted octanol–water partition coefficient (Wildman–Crippen LogP) is 2.85.